The van der Waals surface area contributed by atoms with Crippen LogP contribution in [0.25, 0.3) is 0 Å². The highest BCUT2D eigenvalue weighted by Crippen LogP contribution is 2.32. The summed E-state index contributed by atoms with van der Waals surface area (Å²) in [5.74, 6) is 0.508. The second-order valence-corrected chi connectivity index (χ2v) is 6.75. The van der Waals surface area contributed by atoms with Gasteiger partial charge in [-0.2, -0.15) is 9.57 Å². The SMILES string of the molecule is CCC(C#N)S(=O)(=O)N(CC1CC1)C(C)C. The highest BCUT2D eigenvalue weighted by Gasteiger charge is 2.36. The Kier molecular flexibility index (Phi) is 4.34. The zero-order valence-corrected chi connectivity index (χ0v) is 11.0. The van der Waals surface area contributed by atoms with E-state index in [0.29, 0.717) is 18.9 Å². The van der Waals surface area contributed by atoms with E-state index in [2.05, 4.69) is 0 Å². The Bertz CT molecular complexity index is 366. The summed E-state index contributed by atoms with van der Waals surface area (Å²) in [5, 5.41) is 7.99. The minimum atomic E-state index is -3.45. The average Bonchev–Trinajstić information content (AvgIpc) is 2.98. The van der Waals surface area contributed by atoms with Gasteiger partial charge in [-0.15, -0.1) is 0 Å². The third kappa shape index (κ3) is 2.96. The van der Waals surface area contributed by atoms with E-state index in [1.165, 1.54) is 4.31 Å². The van der Waals surface area contributed by atoms with Crippen molar-refractivity contribution in [2.45, 2.75) is 51.3 Å². The minimum absolute atomic E-state index is 0.0620. The molecule has 0 bridgehead atoms. The topological polar surface area (TPSA) is 61.2 Å². The lowest BCUT2D eigenvalue weighted by atomic mass is 10.3. The van der Waals surface area contributed by atoms with Gasteiger partial charge in [-0.05, 0) is 39.0 Å². The second-order valence-electron chi connectivity index (χ2n) is 4.68. The molecule has 1 rings (SSSR count). The molecule has 1 unspecified atom stereocenters. The first-order valence-electron chi connectivity index (χ1n) is 5.83. The third-order valence-corrected chi connectivity index (χ3v) is 5.29. The van der Waals surface area contributed by atoms with Crippen LogP contribution in [-0.4, -0.2) is 30.6 Å². The molecule has 1 fully saturated rings. The quantitative estimate of drug-likeness (QED) is 0.715. The maximum atomic E-state index is 12.2. The van der Waals surface area contributed by atoms with Crippen molar-refractivity contribution in [1.29, 1.82) is 5.26 Å². The number of nitriles is 1. The normalized spacial score (nSPS) is 18.8. The van der Waals surface area contributed by atoms with E-state index in [-0.39, 0.29) is 6.04 Å². The molecule has 92 valence electrons. The predicted octanol–water partition coefficient (Wildman–Crippen LogP) is 1.74. The molecule has 1 atom stereocenters. The van der Waals surface area contributed by atoms with Crippen molar-refractivity contribution in [3.05, 3.63) is 0 Å². The monoisotopic (exact) mass is 244 g/mol. The van der Waals surface area contributed by atoms with Crippen LogP contribution in [0.4, 0.5) is 0 Å². The molecule has 0 spiro atoms. The lowest BCUT2D eigenvalue weighted by molar-refractivity contribution is 0.339. The summed E-state index contributed by atoms with van der Waals surface area (Å²) in [6, 6.07) is 1.83. The van der Waals surface area contributed by atoms with Crippen LogP contribution < -0.4 is 0 Å². The lowest BCUT2D eigenvalue weighted by Crippen LogP contribution is -2.43. The minimum Gasteiger partial charge on any atom is -0.211 e. The Morgan fingerprint density at radius 2 is 2.00 bits per heavy atom. The van der Waals surface area contributed by atoms with Crippen molar-refractivity contribution < 1.29 is 8.42 Å². The van der Waals surface area contributed by atoms with Crippen LogP contribution in [0.2, 0.25) is 0 Å². The summed E-state index contributed by atoms with van der Waals surface area (Å²) >= 11 is 0. The van der Waals surface area contributed by atoms with Gasteiger partial charge in [0.15, 0.2) is 5.25 Å². The molecule has 0 aromatic heterocycles. The van der Waals surface area contributed by atoms with E-state index in [4.69, 9.17) is 5.26 Å². The maximum Gasteiger partial charge on any atom is 0.230 e. The van der Waals surface area contributed by atoms with Crippen molar-refractivity contribution in [3.8, 4) is 6.07 Å². The zero-order valence-electron chi connectivity index (χ0n) is 10.2. The van der Waals surface area contributed by atoms with Crippen LogP contribution in [0.1, 0.15) is 40.0 Å². The van der Waals surface area contributed by atoms with Crippen molar-refractivity contribution in [2.24, 2.45) is 5.92 Å². The number of hydrogen-bond acceptors (Lipinski definition) is 3. The Balaban J connectivity index is 2.86. The van der Waals surface area contributed by atoms with Gasteiger partial charge in [-0.3, -0.25) is 0 Å². The fourth-order valence-corrected chi connectivity index (χ4v) is 3.58. The van der Waals surface area contributed by atoms with Gasteiger partial charge >= 0.3 is 0 Å². The van der Waals surface area contributed by atoms with Gasteiger partial charge in [0.2, 0.25) is 10.0 Å². The van der Waals surface area contributed by atoms with Crippen molar-refractivity contribution in [2.75, 3.05) is 6.54 Å². The molecular formula is C11H20N2O2S. The molecule has 0 aromatic carbocycles. The van der Waals surface area contributed by atoms with Gasteiger partial charge in [0.1, 0.15) is 0 Å². The summed E-state index contributed by atoms with van der Waals surface area (Å²) in [6.45, 7) is 6.05. The summed E-state index contributed by atoms with van der Waals surface area (Å²) in [7, 11) is -3.45. The Labute approximate surface area is 98.3 Å². The van der Waals surface area contributed by atoms with Crippen LogP contribution in [0, 0.1) is 17.2 Å². The molecule has 0 saturated heterocycles. The smallest absolute Gasteiger partial charge is 0.211 e. The Morgan fingerprint density at radius 3 is 2.31 bits per heavy atom. The van der Waals surface area contributed by atoms with Gasteiger partial charge < -0.3 is 0 Å². The Hall–Kier alpha value is -0.600. The van der Waals surface area contributed by atoms with E-state index in [0.717, 1.165) is 12.8 Å². The summed E-state index contributed by atoms with van der Waals surface area (Å²) < 4.78 is 25.9. The summed E-state index contributed by atoms with van der Waals surface area (Å²) in [5.41, 5.74) is 0. The van der Waals surface area contributed by atoms with Gasteiger partial charge in [-0.25, -0.2) is 8.42 Å². The molecule has 16 heavy (non-hydrogen) atoms. The van der Waals surface area contributed by atoms with Crippen LogP contribution >= 0.6 is 0 Å². The highest BCUT2D eigenvalue weighted by atomic mass is 32.2. The van der Waals surface area contributed by atoms with Crippen molar-refractivity contribution in [1.82, 2.24) is 4.31 Å². The van der Waals surface area contributed by atoms with Crippen molar-refractivity contribution >= 4 is 10.0 Å². The first-order valence-corrected chi connectivity index (χ1v) is 7.34. The molecule has 5 heteroatoms. The molecule has 1 saturated carbocycles. The largest absolute Gasteiger partial charge is 0.230 e. The standard InChI is InChI=1S/C11H20N2O2S/c1-4-11(7-12)16(14,15)13(9(2)3)8-10-5-6-10/h9-11H,4-6,8H2,1-3H3. The van der Waals surface area contributed by atoms with E-state index in [1.54, 1.807) is 6.92 Å². The van der Waals surface area contributed by atoms with Crippen LogP contribution in [-0.2, 0) is 10.0 Å². The van der Waals surface area contributed by atoms with Gasteiger partial charge in [0.25, 0.3) is 0 Å². The van der Waals surface area contributed by atoms with Crippen LogP contribution in [0.15, 0.2) is 0 Å². The fraction of sp³-hybridized carbons (Fsp3) is 0.909. The average molecular weight is 244 g/mol. The Morgan fingerprint density at radius 1 is 1.44 bits per heavy atom. The van der Waals surface area contributed by atoms with Gasteiger partial charge in [0.05, 0.1) is 6.07 Å². The number of sulfonamides is 1. The lowest BCUT2D eigenvalue weighted by Gasteiger charge is -2.27. The molecule has 4 nitrogen and oxygen atoms in total. The highest BCUT2D eigenvalue weighted by molar-refractivity contribution is 7.90. The van der Waals surface area contributed by atoms with E-state index >= 15 is 0 Å². The molecule has 0 radical (unpaired) electrons. The molecule has 0 aromatic rings. The number of nitrogens with zero attached hydrogens (tertiary/aromatic N) is 2. The van der Waals surface area contributed by atoms with Crippen LogP contribution in [0.3, 0.4) is 0 Å². The first kappa shape index (κ1) is 13.5. The van der Waals surface area contributed by atoms with E-state index in [9.17, 15) is 8.42 Å². The molecule has 0 heterocycles. The second kappa shape index (κ2) is 5.15. The van der Waals surface area contributed by atoms with E-state index < -0.39 is 15.3 Å². The first-order chi connectivity index (χ1) is 7.43. The molecule has 0 N–H and O–H groups in total. The molecule has 0 amide bonds. The third-order valence-electron chi connectivity index (χ3n) is 2.91. The van der Waals surface area contributed by atoms with Gasteiger partial charge in [0, 0.05) is 12.6 Å². The number of rotatable bonds is 6. The molecular weight excluding hydrogens is 224 g/mol. The van der Waals surface area contributed by atoms with Crippen molar-refractivity contribution in [3.63, 3.8) is 0 Å². The summed E-state index contributed by atoms with van der Waals surface area (Å²) in [6.07, 6.45) is 2.58. The fourth-order valence-electron chi connectivity index (χ4n) is 1.70. The number of hydrogen-bond donors (Lipinski definition) is 0. The van der Waals surface area contributed by atoms with Crippen LogP contribution in [0.5, 0.6) is 0 Å². The zero-order chi connectivity index (χ0) is 12.3. The molecule has 1 aliphatic carbocycles. The molecule has 1 aliphatic rings. The van der Waals surface area contributed by atoms with Gasteiger partial charge in [-0.1, -0.05) is 6.92 Å². The van der Waals surface area contributed by atoms with E-state index in [1.807, 2.05) is 19.9 Å². The maximum absolute atomic E-state index is 12.2. The summed E-state index contributed by atoms with van der Waals surface area (Å²) in [4.78, 5) is 0. The molecule has 0 aliphatic heterocycles. The predicted molar refractivity (Wildman–Crippen MR) is 63.2 cm³/mol.